The molecule has 0 heterocycles. The van der Waals surface area contributed by atoms with E-state index in [2.05, 4.69) is 23.1 Å². The van der Waals surface area contributed by atoms with Crippen LogP contribution in [-0.4, -0.2) is 22.2 Å². The van der Waals surface area contributed by atoms with Crippen LogP contribution in [0.4, 0.5) is 0 Å². The molecule has 0 radical (unpaired) electrons. The summed E-state index contributed by atoms with van der Waals surface area (Å²) in [7, 11) is 2.42. The molecule has 0 aromatic heterocycles. The van der Waals surface area contributed by atoms with E-state index in [0.29, 0.717) is 5.92 Å². The maximum absolute atomic E-state index is 9.15. The van der Waals surface area contributed by atoms with E-state index >= 15 is 0 Å². The lowest BCUT2D eigenvalue weighted by molar-refractivity contribution is 0.131. The summed E-state index contributed by atoms with van der Waals surface area (Å²) in [6.45, 7) is 7.93. The van der Waals surface area contributed by atoms with Gasteiger partial charge in [0.2, 0.25) is 0 Å². The van der Waals surface area contributed by atoms with Gasteiger partial charge in [-0.3, -0.25) is 0 Å². The molecule has 0 aliphatic carbocycles. The number of aliphatic hydroxyl groups excluding tert-OH is 1. The average molecular weight is 180 g/mol. The zero-order valence-electron chi connectivity index (χ0n) is 7.96. The molecule has 0 amide bonds. The van der Waals surface area contributed by atoms with Gasteiger partial charge in [-0.25, -0.2) is 0 Å². The quantitative estimate of drug-likeness (QED) is 0.634. The summed E-state index contributed by atoms with van der Waals surface area (Å²) in [5.41, 5.74) is 0. The molecule has 0 bridgehead atoms. The average Bonchev–Trinajstić information content (AvgIpc) is 1.57. The molecule has 0 saturated carbocycles. The van der Waals surface area contributed by atoms with E-state index in [9.17, 15) is 0 Å². The van der Waals surface area contributed by atoms with Crippen molar-refractivity contribution in [2.24, 2.45) is 5.92 Å². The summed E-state index contributed by atoms with van der Waals surface area (Å²) in [4.78, 5) is 0. The van der Waals surface area contributed by atoms with Crippen LogP contribution in [0, 0.1) is 5.92 Å². The summed E-state index contributed by atoms with van der Waals surface area (Å²) in [6, 6.07) is 0. The lowest BCUT2D eigenvalue weighted by Crippen LogP contribution is -2.16. The first-order valence-corrected chi connectivity index (χ1v) is 4.53. The first-order chi connectivity index (χ1) is 4.83. The summed E-state index contributed by atoms with van der Waals surface area (Å²) >= 11 is 0. The summed E-state index contributed by atoms with van der Waals surface area (Å²) in [5.74, 6) is 0.572. The smallest absolute Gasteiger partial charge is 0.0753 e. The molecule has 0 aliphatic rings. The second-order valence-corrected chi connectivity index (χ2v) is 4.52. The van der Waals surface area contributed by atoms with Crippen molar-refractivity contribution in [3.05, 3.63) is 0 Å². The molecule has 0 fully saturated rings. The maximum atomic E-state index is 9.15. The van der Waals surface area contributed by atoms with Crippen molar-refractivity contribution in [2.45, 2.75) is 39.5 Å². The Bertz CT molecular complexity index is 76.7. The van der Waals surface area contributed by atoms with Gasteiger partial charge in [0.25, 0.3) is 0 Å². The van der Waals surface area contributed by atoms with Crippen molar-refractivity contribution >= 4 is 9.24 Å². The van der Waals surface area contributed by atoms with Crippen LogP contribution in [-0.2, 0) is 0 Å². The van der Waals surface area contributed by atoms with Gasteiger partial charge in [-0.05, 0) is 26.2 Å². The zero-order valence-corrected chi connectivity index (χ0v) is 9.12. The first-order valence-electron chi connectivity index (χ1n) is 3.95. The third-order valence-corrected chi connectivity index (χ3v) is 1.06. The van der Waals surface area contributed by atoms with Crippen LogP contribution < -0.4 is 0 Å². The molecule has 70 valence electrons. The molecule has 0 aliphatic heterocycles. The van der Waals surface area contributed by atoms with E-state index in [0.717, 1.165) is 6.42 Å². The topological polar surface area (TPSA) is 40.5 Å². The van der Waals surface area contributed by atoms with Crippen molar-refractivity contribution in [3.63, 3.8) is 0 Å². The standard InChI is InChI=1S/C6H15OP.C2H6O/c1-5(2)4-6(3,7)8;1-2-3/h5,7H,4,8H2,1-3H3;3H,2H2,1H3. The predicted octanol–water partition coefficient (Wildman–Crippen LogP) is 1.61. The highest BCUT2D eigenvalue weighted by Crippen LogP contribution is 2.21. The molecule has 3 heteroatoms. The molecule has 2 unspecified atom stereocenters. The van der Waals surface area contributed by atoms with Crippen molar-refractivity contribution in [2.75, 3.05) is 6.61 Å². The van der Waals surface area contributed by atoms with Gasteiger partial charge in [-0.1, -0.05) is 13.8 Å². The second kappa shape index (κ2) is 7.02. The van der Waals surface area contributed by atoms with Gasteiger partial charge in [0.1, 0.15) is 0 Å². The molecule has 11 heavy (non-hydrogen) atoms. The second-order valence-electron chi connectivity index (χ2n) is 3.27. The molecule has 2 atom stereocenters. The van der Waals surface area contributed by atoms with Crippen molar-refractivity contribution in [1.29, 1.82) is 0 Å². The molecule has 0 spiro atoms. The Morgan fingerprint density at radius 1 is 1.45 bits per heavy atom. The highest BCUT2D eigenvalue weighted by molar-refractivity contribution is 7.18. The zero-order chi connectivity index (χ0) is 9.49. The van der Waals surface area contributed by atoms with E-state index in [1.807, 2.05) is 0 Å². The molecule has 0 saturated heterocycles. The number of hydrogen-bond donors (Lipinski definition) is 2. The van der Waals surface area contributed by atoms with Gasteiger partial charge in [0.15, 0.2) is 0 Å². The molecule has 0 aromatic carbocycles. The molecule has 0 aromatic rings. The molecular formula is C8H21O2P. The Hall–Kier alpha value is 0.350. The minimum atomic E-state index is -0.561. The van der Waals surface area contributed by atoms with Crippen molar-refractivity contribution in [3.8, 4) is 0 Å². The Morgan fingerprint density at radius 3 is 1.73 bits per heavy atom. The van der Waals surface area contributed by atoms with Crippen LogP contribution in [0.3, 0.4) is 0 Å². The summed E-state index contributed by atoms with van der Waals surface area (Å²) in [5, 5.41) is 16.2. The number of aliphatic hydroxyl groups is 2. The van der Waals surface area contributed by atoms with E-state index < -0.39 is 5.34 Å². The van der Waals surface area contributed by atoms with Crippen LogP contribution in [0.25, 0.3) is 0 Å². The minimum Gasteiger partial charge on any atom is -0.397 e. The normalized spacial score (nSPS) is 15.3. The monoisotopic (exact) mass is 180 g/mol. The highest BCUT2D eigenvalue weighted by Gasteiger charge is 2.13. The lowest BCUT2D eigenvalue weighted by Gasteiger charge is -2.18. The third-order valence-electron chi connectivity index (χ3n) is 0.822. The summed E-state index contributed by atoms with van der Waals surface area (Å²) in [6.07, 6.45) is 0.845. The van der Waals surface area contributed by atoms with E-state index in [-0.39, 0.29) is 6.61 Å². The summed E-state index contributed by atoms with van der Waals surface area (Å²) < 4.78 is 0. The van der Waals surface area contributed by atoms with Crippen molar-refractivity contribution < 1.29 is 10.2 Å². The van der Waals surface area contributed by atoms with Crippen LogP contribution in [0.5, 0.6) is 0 Å². The van der Waals surface area contributed by atoms with Crippen LogP contribution in [0.2, 0.25) is 0 Å². The van der Waals surface area contributed by atoms with Gasteiger partial charge in [-0.2, -0.15) is 0 Å². The molecule has 0 rings (SSSR count). The molecule has 2 N–H and O–H groups in total. The maximum Gasteiger partial charge on any atom is 0.0753 e. The Labute approximate surface area is 72.2 Å². The van der Waals surface area contributed by atoms with Crippen molar-refractivity contribution in [1.82, 2.24) is 0 Å². The Kier molecular flexibility index (Phi) is 8.88. The van der Waals surface area contributed by atoms with E-state index in [1.165, 1.54) is 0 Å². The van der Waals surface area contributed by atoms with Gasteiger partial charge < -0.3 is 10.2 Å². The number of rotatable bonds is 2. The van der Waals surface area contributed by atoms with Gasteiger partial charge in [-0.15, -0.1) is 9.24 Å². The largest absolute Gasteiger partial charge is 0.397 e. The fraction of sp³-hybridized carbons (Fsp3) is 1.00. The number of hydrogen-bond acceptors (Lipinski definition) is 2. The van der Waals surface area contributed by atoms with Gasteiger partial charge in [0.05, 0.1) is 5.34 Å². The predicted molar refractivity (Wildman–Crippen MR) is 52.5 cm³/mol. The van der Waals surface area contributed by atoms with Gasteiger partial charge >= 0.3 is 0 Å². The van der Waals surface area contributed by atoms with E-state index in [1.54, 1.807) is 13.8 Å². The fourth-order valence-electron chi connectivity index (χ4n) is 0.827. The highest BCUT2D eigenvalue weighted by atomic mass is 31.0. The fourth-order valence-corrected chi connectivity index (χ4v) is 1.30. The minimum absolute atomic E-state index is 0.250. The van der Waals surface area contributed by atoms with E-state index in [4.69, 9.17) is 10.2 Å². The molecule has 2 nitrogen and oxygen atoms in total. The Morgan fingerprint density at radius 2 is 1.73 bits per heavy atom. The van der Waals surface area contributed by atoms with Crippen LogP contribution >= 0.6 is 9.24 Å². The lowest BCUT2D eigenvalue weighted by atomic mass is 10.1. The van der Waals surface area contributed by atoms with Gasteiger partial charge in [0, 0.05) is 6.61 Å². The Balaban J connectivity index is 0. The first kappa shape index (κ1) is 13.9. The van der Waals surface area contributed by atoms with Crippen LogP contribution in [0.1, 0.15) is 34.1 Å². The third kappa shape index (κ3) is 25.2. The molecular weight excluding hydrogens is 159 g/mol. The van der Waals surface area contributed by atoms with Crippen LogP contribution in [0.15, 0.2) is 0 Å². The SMILES string of the molecule is CC(C)CC(C)(O)P.CCO.